The Kier molecular flexibility index (Phi) is 7.34. The van der Waals surface area contributed by atoms with Crippen molar-refractivity contribution in [3.8, 4) is 5.75 Å². The average molecular weight is 463 g/mol. The van der Waals surface area contributed by atoms with E-state index in [0.29, 0.717) is 10.9 Å². The van der Waals surface area contributed by atoms with Crippen LogP contribution in [0.15, 0.2) is 33.5 Å². The predicted molar refractivity (Wildman–Crippen MR) is 112 cm³/mol. The van der Waals surface area contributed by atoms with E-state index in [0.717, 1.165) is 0 Å². The molecule has 5 atom stereocenters. The number of hydrogen-bond donors (Lipinski definition) is 1. The summed E-state index contributed by atoms with van der Waals surface area (Å²) in [5.41, 5.74) is 5.97. The molecule has 1 aromatic heterocycles. The number of esters is 3. The summed E-state index contributed by atoms with van der Waals surface area (Å²) in [5.74, 6) is -1.78. The molecule has 178 valence electrons. The topological polar surface area (TPSA) is 154 Å². The van der Waals surface area contributed by atoms with Gasteiger partial charge in [0.15, 0.2) is 12.2 Å². The third kappa shape index (κ3) is 5.68. The first-order chi connectivity index (χ1) is 15.6. The molecule has 1 saturated heterocycles. The molecular weight excluding hydrogens is 438 g/mol. The summed E-state index contributed by atoms with van der Waals surface area (Å²) in [5, 5.41) is 0.631. The Bertz CT molecular complexity index is 1110. The van der Waals surface area contributed by atoms with Crippen LogP contribution in [0.1, 0.15) is 33.3 Å². The summed E-state index contributed by atoms with van der Waals surface area (Å²) >= 11 is 0. The van der Waals surface area contributed by atoms with Gasteiger partial charge in [-0.1, -0.05) is 0 Å². The summed E-state index contributed by atoms with van der Waals surface area (Å²) in [4.78, 5) is 46.9. The molecule has 1 aliphatic heterocycles. The van der Waals surface area contributed by atoms with Gasteiger partial charge >= 0.3 is 23.5 Å². The van der Waals surface area contributed by atoms with Crippen LogP contribution in [0.5, 0.6) is 5.75 Å². The lowest BCUT2D eigenvalue weighted by molar-refractivity contribution is -0.280. The van der Waals surface area contributed by atoms with Crippen LogP contribution in [0, 0.1) is 0 Å². The zero-order valence-electron chi connectivity index (χ0n) is 18.6. The van der Waals surface area contributed by atoms with Crippen LogP contribution in [0.4, 0.5) is 0 Å². The number of ether oxygens (including phenoxy) is 5. The number of carbonyl (C=O) groups excluding carboxylic acids is 3. The summed E-state index contributed by atoms with van der Waals surface area (Å²) < 4.78 is 32.9. The molecule has 5 unspecified atom stereocenters. The van der Waals surface area contributed by atoms with Gasteiger partial charge in [0.05, 0.1) is 6.10 Å². The van der Waals surface area contributed by atoms with Gasteiger partial charge in [0.1, 0.15) is 11.3 Å². The van der Waals surface area contributed by atoms with Gasteiger partial charge in [-0.2, -0.15) is 0 Å². The molecule has 1 aromatic carbocycles. The van der Waals surface area contributed by atoms with Crippen LogP contribution in [0.2, 0.25) is 0 Å². The molecule has 1 aliphatic rings. The highest BCUT2D eigenvalue weighted by Crippen LogP contribution is 2.31. The van der Waals surface area contributed by atoms with E-state index in [-0.39, 0.29) is 17.9 Å². The van der Waals surface area contributed by atoms with Gasteiger partial charge in [0.25, 0.3) is 0 Å². The van der Waals surface area contributed by atoms with Crippen molar-refractivity contribution in [2.45, 2.75) is 64.9 Å². The lowest BCUT2D eigenvalue weighted by Gasteiger charge is -2.43. The largest absolute Gasteiger partial charge is 0.461 e. The van der Waals surface area contributed by atoms with E-state index in [2.05, 4.69) is 0 Å². The van der Waals surface area contributed by atoms with E-state index in [1.165, 1.54) is 32.9 Å². The molecule has 0 amide bonds. The number of nitrogens with two attached hydrogens (primary N) is 1. The van der Waals surface area contributed by atoms with Crippen molar-refractivity contribution in [1.82, 2.24) is 0 Å². The van der Waals surface area contributed by atoms with Crippen molar-refractivity contribution >= 4 is 28.9 Å². The summed E-state index contributed by atoms with van der Waals surface area (Å²) in [6.07, 6.45) is -5.51. The van der Waals surface area contributed by atoms with Gasteiger partial charge in [0.2, 0.25) is 12.4 Å². The SMILES string of the molecule is CC(=O)OC1C(C)OC(Oc2ccc3c(CN)cc(=O)oc3c2)C(OC(C)=O)C1OC(C)=O. The number of carbonyl (C=O) groups is 3. The van der Waals surface area contributed by atoms with Crippen LogP contribution in [0.25, 0.3) is 11.0 Å². The summed E-state index contributed by atoms with van der Waals surface area (Å²) in [7, 11) is 0. The Labute approximate surface area is 188 Å². The molecule has 1 fully saturated rings. The lowest BCUT2D eigenvalue weighted by Crippen LogP contribution is -2.62. The van der Waals surface area contributed by atoms with Crippen molar-refractivity contribution in [1.29, 1.82) is 0 Å². The fourth-order valence-corrected chi connectivity index (χ4v) is 3.65. The second-order valence-corrected chi connectivity index (χ2v) is 7.50. The molecule has 0 bridgehead atoms. The number of hydrogen-bond acceptors (Lipinski definition) is 11. The Morgan fingerprint density at radius 1 is 0.939 bits per heavy atom. The van der Waals surface area contributed by atoms with E-state index in [9.17, 15) is 19.2 Å². The second kappa shape index (κ2) is 10.0. The maximum absolute atomic E-state index is 11.8. The second-order valence-electron chi connectivity index (χ2n) is 7.50. The van der Waals surface area contributed by atoms with Crippen LogP contribution < -0.4 is 16.1 Å². The zero-order valence-corrected chi connectivity index (χ0v) is 18.6. The standard InChI is InChI=1S/C22H25NO10/c1-10-19(29-11(2)24)20(30-12(3)25)21(31-13(4)26)22(28-10)32-15-5-6-16-14(9-23)7-18(27)33-17(16)8-15/h5-8,10,19-22H,9,23H2,1-4H3. The minimum absolute atomic E-state index is 0.141. The van der Waals surface area contributed by atoms with Crippen molar-refractivity contribution in [3.05, 3.63) is 40.2 Å². The number of rotatable bonds is 6. The average Bonchev–Trinajstić information content (AvgIpc) is 2.71. The Morgan fingerprint density at radius 2 is 1.55 bits per heavy atom. The highest BCUT2D eigenvalue weighted by atomic mass is 16.7. The van der Waals surface area contributed by atoms with E-state index in [4.69, 9.17) is 33.8 Å². The fourth-order valence-electron chi connectivity index (χ4n) is 3.65. The first kappa shape index (κ1) is 24.2. The molecule has 0 spiro atoms. The quantitative estimate of drug-likeness (QED) is 0.373. The Hall–Kier alpha value is -3.44. The van der Waals surface area contributed by atoms with Gasteiger partial charge in [-0.05, 0) is 24.6 Å². The highest BCUT2D eigenvalue weighted by Gasteiger charge is 2.51. The van der Waals surface area contributed by atoms with E-state index in [1.54, 1.807) is 19.1 Å². The van der Waals surface area contributed by atoms with Gasteiger partial charge < -0.3 is 33.8 Å². The molecule has 11 heteroatoms. The molecule has 2 aromatic rings. The van der Waals surface area contributed by atoms with Crippen molar-refractivity contribution in [2.75, 3.05) is 0 Å². The molecule has 2 heterocycles. The van der Waals surface area contributed by atoms with Crippen LogP contribution in [-0.2, 0) is 39.9 Å². The van der Waals surface area contributed by atoms with E-state index >= 15 is 0 Å². The molecule has 2 N–H and O–H groups in total. The molecule has 11 nitrogen and oxygen atoms in total. The minimum atomic E-state index is -1.26. The van der Waals surface area contributed by atoms with Crippen molar-refractivity contribution < 1.29 is 42.5 Å². The third-order valence-electron chi connectivity index (χ3n) is 4.91. The number of fused-ring (bicyclic) bond motifs is 1. The maximum atomic E-state index is 11.8. The fraction of sp³-hybridized carbons (Fsp3) is 0.455. The third-order valence-corrected chi connectivity index (χ3v) is 4.91. The van der Waals surface area contributed by atoms with Crippen LogP contribution in [0.3, 0.4) is 0 Å². The van der Waals surface area contributed by atoms with Crippen molar-refractivity contribution in [3.63, 3.8) is 0 Å². The molecule has 0 radical (unpaired) electrons. The van der Waals surface area contributed by atoms with Gasteiger partial charge in [-0.3, -0.25) is 14.4 Å². The smallest absolute Gasteiger partial charge is 0.336 e. The van der Waals surface area contributed by atoms with E-state index in [1.807, 2.05) is 0 Å². The van der Waals surface area contributed by atoms with Crippen LogP contribution >= 0.6 is 0 Å². The first-order valence-electron chi connectivity index (χ1n) is 10.2. The highest BCUT2D eigenvalue weighted by molar-refractivity contribution is 5.81. The summed E-state index contributed by atoms with van der Waals surface area (Å²) in [6.45, 7) is 5.27. The molecule has 3 rings (SSSR count). The van der Waals surface area contributed by atoms with Gasteiger partial charge in [-0.15, -0.1) is 0 Å². The molecular formula is C22H25NO10. The van der Waals surface area contributed by atoms with Gasteiger partial charge in [-0.25, -0.2) is 4.79 Å². The van der Waals surface area contributed by atoms with Gasteiger partial charge in [0, 0.05) is 44.8 Å². The Balaban J connectivity index is 1.97. The Morgan fingerprint density at radius 3 is 2.15 bits per heavy atom. The monoisotopic (exact) mass is 463 g/mol. The first-order valence-corrected chi connectivity index (χ1v) is 10.2. The molecule has 0 saturated carbocycles. The molecule has 0 aliphatic carbocycles. The van der Waals surface area contributed by atoms with E-state index < -0.39 is 54.2 Å². The summed E-state index contributed by atoms with van der Waals surface area (Å²) in [6, 6.07) is 6.03. The van der Waals surface area contributed by atoms with Crippen LogP contribution in [-0.4, -0.2) is 48.6 Å². The number of benzene rings is 1. The zero-order chi connectivity index (χ0) is 24.3. The lowest BCUT2D eigenvalue weighted by atomic mass is 9.99. The molecule has 33 heavy (non-hydrogen) atoms. The van der Waals surface area contributed by atoms with Crippen molar-refractivity contribution in [2.24, 2.45) is 5.73 Å². The predicted octanol–water partition coefficient (Wildman–Crippen LogP) is 1.17. The normalized spacial score (nSPS) is 24.7. The maximum Gasteiger partial charge on any atom is 0.336 e. The minimum Gasteiger partial charge on any atom is -0.461 e.